The molecule has 1 aromatic rings. The van der Waals surface area contributed by atoms with Gasteiger partial charge < -0.3 is 10.1 Å². The smallest absolute Gasteiger partial charge is 0.407 e. The third kappa shape index (κ3) is 6.47. The zero-order valence-corrected chi connectivity index (χ0v) is 13.5. The average molecular weight is 323 g/mol. The molecule has 0 saturated carbocycles. The number of hydrogen-bond acceptors (Lipinski definition) is 3. The van der Waals surface area contributed by atoms with Gasteiger partial charge in [-0.2, -0.15) is 0 Å². The lowest BCUT2D eigenvalue weighted by Gasteiger charge is -2.19. The molecule has 0 spiro atoms. The van der Waals surface area contributed by atoms with Gasteiger partial charge in [-0.05, 0) is 33.8 Å². The van der Waals surface area contributed by atoms with Crippen LogP contribution in [0.25, 0.3) is 0 Å². The Balaban J connectivity index is 2.62. The molecular formula is C17H19F2NO3. The van der Waals surface area contributed by atoms with Gasteiger partial charge in [0.05, 0.1) is 11.1 Å². The average Bonchev–Trinajstić information content (AvgIpc) is 2.38. The standard InChI is InChI=1S/C17H19F2NO3/c1-11(21)13-9-12(14(18)10-15(13)19)7-5-6-8-20-16(22)23-17(2,3)4/h9-10H,6,8H2,1-4H3,(H,20,22). The maximum Gasteiger partial charge on any atom is 0.407 e. The maximum atomic E-state index is 13.6. The van der Waals surface area contributed by atoms with Gasteiger partial charge in [0.2, 0.25) is 0 Å². The summed E-state index contributed by atoms with van der Waals surface area (Å²) in [6.07, 6.45) is -0.308. The molecule has 0 heterocycles. The number of Topliss-reactive ketones (excluding diaryl/α,β-unsaturated/α-hetero) is 1. The second kappa shape index (κ2) is 7.73. The minimum Gasteiger partial charge on any atom is -0.444 e. The second-order valence-corrected chi connectivity index (χ2v) is 5.85. The molecule has 0 radical (unpaired) electrons. The highest BCUT2D eigenvalue weighted by molar-refractivity contribution is 5.94. The summed E-state index contributed by atoms with van der Waals surface area (Å²) in [5.41, 5.74) is -0.854. The molecule has 0 aliphatic rings. The summed E-state index contributed by atoms with van der Waals surface area (Å²) in [6, 6.07) is 1.72. The third-order valence-electron chi connectivity index (χ3n) is 2.58. The molecule has 0 aliphatic carbocycles. The second-order valence-electron chi connectivity index (χ2n) is 5.85. The van der Waals surface area contributed by atoms with Gasteiger partial charge in [0.15, 0.2) is 5.78 Å². The molecule has 1 aromatic carbocycles. The van der Waals surface area contributed by atoms with Crippen molar-refractivity contribution in [3.05, 3.63) is 34.9 Å². The summed E-state index contributed by atoms with van der Waals surface area (Å²) >= 11 is 0. The van der Waals surface area contributed by atoms with E-state index in [1.54, 1.807) is 20.8 Å². The molecule has 0 aromatic heterocycles. The van der Waals surface area contributed by atoms with Crippen LogP contribution in [0.1, 0.15) is 50.0 Å². The largest absolute Gasteiger partial charge is 0.444 e. The highest BCUT2D eigenvalue weighted by Crippen LogP contribution is 2.14. The van der Waals surface area contributed by atoms with E-state index < -0.39 is 29.1 Å². The van der Waals surface area contributed by atoms with Gasteiger partial charge >= 0.3 is 6.09 Å². The van der Waals surface area contributed by atoms with E-state index in [0.29, 0.717) is 6.07 Å². The first kappa shape index (κ1) is 18.6. The molecule has 124 valence electrons. The summed E-state index contributed by atoms with van der Waals surface area (Å²) in [5.74, 6) is 2.93. The Morgan fingerprint density at radius 2 is 1.87 bits per heavy atom. The molecule has 0 saturated heterocycles. The molecule has 1 N–H and O–H groups in total. The molecular weight excluding hydrogens is 304 g/mol. The number of nitrogens with one attached hydrogen (secondary N) is 1. The molecule has 0 bridgehead atoms. The van der Waals surface area contributed by atoms with Crippen LogP contribution in [0.4, 0.5) is 13.6 Å². The van der Waals surface area contributed by atoms with Crippen LogP contribution in [0, 0.1) is 23.5 Å². The Labute approximate surface area is 134 Å². The predicted octanol–water partition coefficient (Wildman–Crippen LogP) is 3.43. The van der Waals surface area contributed by atoms with Gasteiger partial charge in [-0.15, -0.1) is 0 Å². The summed E-state index contributed by atoms with van der Waals surface area (Å²) in [6.45, 7) is 6.66. The van der Waals surface area contributed by atoms with Crippen molar-refractivity contribution in [2.45, 2.75) is 39.7 Å². The van der Waals surface area contributed by atoms with Crippen LogP contribution in [0.2, 0.25) is 0 Å². The predicted molar refractivity (Wildman–Crippen MR) is 82.1 cm³/mol. The van der Waals surface area contributed by atoms with Crippen LogP contribution < -0.4 is 5.32 Å². The van der Waals surface area contributed by atoms with Crippen molar-refractivity contribution >= 4 is 11.9 Å². The van der Waals surface area contributed by atoms with Crippen LogP contribution >= 0.6 is 0 Å². The van der Waals surface area contributed by atoms with Gasteiger partial charge in [0.1, 0.15) is 17.2 Å². The molecule has 6 heteroatoms. The number of amides is 1. The van der Waals surface area contributed by atoms with Crippen LogP contribution in [-0.4, -0.2) is 24.0 Å². The maximum absolute atomic E-state index is 13.6. The minimum atomic E-state index is -0.910. The first-order valence-corrected chi connectivity index (χ1v) is 7.06. The number of benzene rings is 1. The number of alkyl carbamates (subject to hydrolysis) is 1. The Morgan fingerprint density at radius 1 is 1.22 bits per heavy atom. The van der Waals surface area contributed by atoms with Gasteiger partial charge in [0, 0.05) is 19.0 Å². The Morgan fingerprint density at radius 3 is 2.43 bits per heavy atom. The quantitative estimate of drug-likeness (QED) is 0.527. The third-order valence-corrected chi connectivity index (χ3v) is 2.58. The minimum absolute atomic E-state index is 0.0612. The highest BCUT2D eigenvalue weighted by atomic mass is 19.1. The van der Waals surface area contributed by atoms with Gasteiger partial charge in [-0.25, -0.2) is 13.6 Å². The topological polar surface area (TPSA) is 55.4 Å². The van der Waals surface area contributed by atoms with Crippen LogP contribution in [-0.2, 0) is 4.74 Å². The van der Waals surface area contributed by atoms with Crippen molar-refractivity contribution in [1.29, 1.82) is 0 Å². The number of carbonyl (C=O) groups excluding carboxylic acids is 2. The number of hydrogen-bond donors (Lipinski definition) is 1. The fourth-order valence-corrected chi connectivity index (χ4v) is 1.61. The SMILES string of the molecule is CC(=O)c1cc(C#CCCNC(=O)OC(C)(C)C)c(F)cc1F. The Bertz CT molecular complexity index is 667. The first-order chi connectivity index (χ1) is 10.6. The van der Waals surface area contributed by atoms with Crippen molar-refractivity contribution < 1.29 is 23.1 Å². The van der Waals surface area contributed by atoms with Crippen molar-refractivity contribution in [1.82, 2.24) is 5.32 Å². The zero-order chi connectivity index (χ0) is 17.6. The monoisotopic (exact) mass is 323 g/mol. The van der Waals surface area contributed by atoms with E-state index >= 15 is 0 Å². The van der Waals surface area contributed by atoms with Crippen LogP contribution in [0.3, 0.4) is 0 Å². The van der Waals surface area contributed by atoms with E-state index in [4.69, 9.17) is 4.74 Å². The van der Waals surface area contributed by atoms with Crippen molar-refractivity contribution in [3.8, 4) is 11.8 Å². The fraction of sp³-hybridized carbons (Fsp3) is 0.412. The molecule has 0 atom stereocenters. The summed E-state index contributed by atoms with van der Waals surface area (Å²) < 4.78 is 32.0. The van der Waals surface area contributed by atoms with Crippen molar-refractivity contribution in [2.24, 2.45) is 0 Å². The van der Waals surface area contributed by atoms with Gasteiger partial charge in [-0.3, -0.25) is 4.79 Å². The molecule has 4 nitrogen and oxygen atoms in total. The lowest BCUT2D eigenvalue weighted by molar-refractivity contribution is 0.0529. The normalized spacial score (nSPS) is 10.5. The van der Waals surface area contributed by atoms with Gasteiger partial charge in [-0.1, -0.05) is 11.8 Å². The number of ketones is 1. The van der Waals surface area contributed by atoms with E-state index in [9.17, 15) is 18.4 Å². The molecule has 1 rings (SSSR count). The van der Waals surface area contributed by atoms with E-state index in [1.165, 1.54) is 6.92 Å². The Kier molecular flexibility index (Phi) is 6.26. The number of rotatable bonds is 3. The zero-order valence-electron chi connectivity index (χ0n) is 13.5. The lowest BCUT2D eigenvalue weighted by Crippen LogP contribution is -2.32. The van der Waals surface area contributed by atoms with E-state index in [-0.39, 0.29) is 24.1 Å². The first-order valence-electron chi connectivity index (χ1n) is 7.06. The van der Waals surface area contributed by atoms with E-state index in [2.05, 4.69) is 17.2 Å². The summed E-state index contributed by atoms with van der Waals surface area (Å²) in [4.78, 5) is 22.6. The van der Waals surface area contributed by atoms with E-state index in [0.717, 1.165) is 6.07 Å². The number of ether oxygens (including phenoxy) is 1. The summed E-state index contributed by atoms with van der Waals surface area (Å²) in [7, 11) is 0. The van der Waals surface area contributed by atoms with Crippen LogP contribution in [0.15, 0.2) is 12.1 Å². The molecule has 1 amide bonds. The fourth-order valence-electron chi connectivity index (χ4n) is 1.61. The molecule has 0 aliphatic heterocycles. The summed E-state index contributed by atoms with van der Waals surface area (Å²) in [5, 5.41) is 2.51. The Hall–Kier alpha value is -2.42. The number of halogens is 2. The molecule has 0 fully saturated rings. The molecule has 0 unspecified atom stereocenters. The van der Waals surface area contributed by atoms with Crippen molar-refractivity contribution in [3.63, 3.8) is 0 Å². The van der Waals surface area contributed by atoms with E-state index in [1.807, 2.05) is 0 Å². The van der Waals surface area contributed by atoms with Gasteiger partial charge in [0.25, 0.3) is 0 Å². The lowest BCUT2D eigenvalue weighted by atomic mass is 10.1. The van der Waals surface area contributed by atoms with Crippen LogP contribution in [0.5, 0.6) is 0 Å². The van der Waals surface area contributed by atoms with Crippen molar-refractivity contribution in [2.75, 3.05) is 6.54 Å². The number of carbonyl (C=O) groups is 2. The highest BCUT2D eigenvalue weighted by Gasteiger charge is 2.15. The molecule has 23 heavy (non-hydrogen) atoms.